The number of hydrogen-bond donors (Lipinski definition) is 1. The van der Waals surface area contributed by atoms with Crippen molar-refractivity contribution in [1.82, 2.24) is 4.90 Å². The summed E-state index contributed by atoms with van der Waals surface area (Å²) in [5, 5.41) is 0. The molecule has 1 amide bonds. The van der Waals surface area contributed by atoms with E-state index in [1.165, 1.54) is 0 Å². The topological polar surface area (TPSA) is 46.3 Å². The van der Waals surface area contributed by atoms with Gasteiger partial charge in [0.25, 0.3) is 0 Å². The average molecular weight is 228 g/mol. The van der Waals surface area contributed by atoms with Crippen molar-refractivity contribution in [2.75, 3.05) is 19.6 Å². The van der Waals surface area contributed by atoms with Gasteiger partial charge in [0.2, 0.25) is 5.91 Å². The highest BCUT2D eigenvalue weighted by Crippen LogP contribution is 2.11. The second kappa shape index (κ2) is 8.57. The summed E-state index contributed by atoms with van der Waals surface area (Å²) in [6.45, 7) is 10.8. The van der Waals surface area contributed by atoms with Crippen molar-refractivity contribution in [3.8, 4) is 0 Å². The van der Waals surface area contributed by atoms with Gasteiger partial charge < -0.3 is 10.6 Å². The van der Waals surface area contributed by atoms with E-state index in [4.69, 9.17) is 5.73 Å². The van der Waals surface area contributed by atoms with Crippen molar-refractivity contribution in [2.24, 2.45) is 17.6 Å². The first-order valence-electron chi connectivity index (χ1n) is 6.56. The highest BCUT2D eigenvalue weighted by atomic mass is 16.2. The van der Waals surface area contributed by atoms with E-state index in [0.717, 1.165) is 25.9 Å². The fourth-order valence-electron chi connectivity index (χ4n) is 1.68. The van der Waals surface area contributed by atoms with Gasteiger partial charge in [-0.1, -0.05) is 33.6 Å². The quantitative estimate of drug-likeness (QED) is 0.692. The van der Waals surface area contributed by atoms with Crippen molar-refractivity contribution in [3.05, 3.63) is 0 Å². The zero-order valence-electron chi connectivity index (χ0n) is 11.3. The smallest absolute Gasteiger partial charge is 0.222 e. The minimum atomic E-state index is 0.264. The molecule has 0 rings (SSSR count). The molecule has 3 nitrogen and oxygen atoms in total. The summed E-state index contributed by atoms with van der Waals surface area (Å²) in [6, 6.07) is 0. The van der Waals surface area contributed by atoms with Crippen molar-refractivity contribution in [3.63, 3.8) is 0 Å². The lowest BCUT2D eigenvalue weighted by molar-refractivity contribution is -0.132. The molecule has 2 N–H and O–H groups in total. The molecule has 2 atom stereocenters. The van der Waals surface area contributed by atoms with E-state index in [1.54, 1.807) is 0 Å². The van der Waals surface area contributed by atoms with Crippen LogP contribution in [0.1, 0.15) is 47.0 Å². The molecule has 0 aliphatic rings. The van der Waals surface area contributed by atoms with Gasteiger partial charge >= 0.3 is 0 Å². The van der Waals surface area contributed by atoms with Gasteiger partial charge in [-0.15, -0.1) is 0 Å². The van der Waals surface area contributed by atoms with E-state index < -0.39 is 0 Å². The van der Waals surface area contributed by atoms with Gasteiger partial charge in [-0.2, -0.15) is 0 Å². The second-order valence-electron chi connectivity index (χ2n) is 4.66. The SMILES string of the molecule is CCC(C)CN(CC)C(=O)CC(CC)CN. The Morgan fingerprint density at radius 1 is 1.25 bits per heavy atom. The molecule has 0 saturated heterocycles. The zero-order valence-corrected chi connectivity index (χ0v) is 11.3. The maximum atomic E-state index is 12.0. The van der Waals surface area contributed by atoms with Crippen LogP contribution in [0.3, 0.4) is 0 Å². The lowest BCUT2D eigenvalue weighted by Gasteiger charge is -2.25. The number of carbonyl (C=O) groups excluding carboxylic acids is 1. The van der Waals surface area contributed by atoms with E-state index in [9.17, 15) is 4.79 Å². The van der Waals surface area contributed by atoms with Crippen molar-refractivity contribution < 1.29 is 4.79 Å². The van der Waals surface area contributed by atoms with Crippen LogP contribution in [0.4, 0.5) is 0 Å². The van der Waals surface area contributed by atoms with Crippen LogP contribution in [-0.2, 0) is 4.79 Å². The average Bonchev–Trinajstić information content (AvgIpc) is 2.31. The molecule has 0 spiro atoms. The third-order valence-electron chi connectivity index (χ3n) is 3.34. The maximum Gasteiger partial charge on any atom is 0.222 e. The normalized spacial score (nSPS) is 14.6. The third-order valence-corrected chi connectivity index (χ3v) is 3.34. The molecule has 0 aliphatic heterocycles. The summed E-state index contributed by atoms with van der Waals surface area (Å²) in [5.74, 6) is 1.19. The van der Waals surface area contributed by atoms with Gasteiger partial charge in [0.1, 0.15) is 0 Å². The summed E-state index contributed by atoms with van der Waals surface area (Å²) in [6.07, 6.45) is 2.72. The van der Waals surface area contributed by atoms with E-state index in [0.29, 0.717) is 24.8 Å². The molecule has 96 valence electrons. The van der Waals surface area contributed by atoms with Gasteiger partial charge in [-0.25, -0.2) is 0 Å². The molecule has 0 radical (unpaired) electrons. The summed E-state index contributed by atoms with van der Waals surface area (Å²) in [4.78, 5) is 14.0. The lowest BCUT2D eigenvalue weighted by atomic mass is 10.0. The first-order chi connectivity index (χ1) is 7.58. The number of nitrogens with zero attached hydrogens (tertiary/aromatic N) is 1. The first kappa shape index (κ1) is 15.4. The molecule has 0 bridgehead atoms. The number of rotatable bonds is 8. The highest BCUT2D eigenvalue weighted by molar-refractivity contribution is 5.76. The van der Waals surface area contributed by atoms with E-state index in [-0.39, 0.29) is 5.91 Å². The second-order valence-corrected chi connectivity index (χ2v) is 4.66. The summed E-state index contributed by atoms with van der Waals surface area (Å²) in [5.41, 5.74) is 5.63. The van der Waals surface area contributed by atoms with Crippen molar-refractivity contribution in [2.45, 2.75) is 47.0 Å². The Kier molecular flexibility index (Phi) is 8.26. The number of hydrogen-bond acceptors (Lipinski definition) is 2. The Bertz CT molecular complexity index is 190. The molecule has 0 aromatic rings. The monoisotopic (exact) mass is 228 g/mol. The molecule has 3 heteroatoms. The van der Waals surface area contributed by atoms with E-state index in [1.807, 2.05) is 11.8 Å². The minimum absolute atomic E-state index is 0.264. The summed E-state index contributed by atoms with van der Waals surface area (Å²) >= 11 is 0. The molecule has 0 aromatic carbocycles. The van der Waals surface area contributed by atoms with Gasteiger partial charge in [0, 0.05) is 19.5 Å². The molecule has 16 heavy (non-hydrogen) atoms. The maximum absolute atomic E-state index is 12.0. The first-order valence-corrected chi connectivity index (χ1v) is 6.56. The summed E-state index contributed by atoms with van der Waals surface area (Å²) in [7, 11) is 0. The Balaban J connectivity index is 4.19. The predicted molar refractivity (Wildman–Crippen MR) is 69.2 cm³/mol. The van der Waals surface area contributed by atoms with Gasteiger partial charge in [-0.05, 0) is 25.3 Å². The lowest BCUT2D eigenvalue weighted by Crippen LogP contribution is -2.36. The van der Waals surface area contributed by atoms with E-state index in [2.05, 4.69) is 20.8 Å². The molecule has 0 aromatic heterocycles. The molecule has 2 unspecified atom stereocenters. The van der Waals surface area contributed by atoms with Gasteiger partial charge in [0.15, 0.2) is 0 Å². The number of nitrogens with two attached hydrogens (primary N) is 1. The van der Waals surface area contributed by atoms with Gasteiger partial charge in [-0.3, -0.25) is 4.79 Å². The molecular formula is C13H28N2O. The molecule has 0 saturated carbocycles. The van der Waals surface area contributed by atoms with Crippen molar-refractivity contribution >= 4 is 5.91 Å². The van der Waals surface area contributed by atoms with E-state index >= 15 is 0 Å². The fraction of sp³-hybridized carbons (Fsp3) is 0.923. The Hall–Kier alpha value is -0.570. The van der Waals surface area contributed by atoms with Gasteiger partial charge in [0.05, 0.1) is 0 Å². The predicted octanol–water partition coefficient (Wildman–Crippen LogP) is 2.26. The number of carbonyl (C=O) groups is 1. The van der Waals surface area contributed by atoms with Crippen molar-refractivity contribution in [1.29, 1.82) is 0 Å². The van der Waals surface area contributed by atoms with Crippen LogP contribution in [0.25, 0.3) is 0 Å². The minimum Gasteiger partial charge on any atom is -0.343 e. The zero-order chi connectivity index (χ0) is 12.6. The summed E-state index contributed by atoms with van der Waals surface area (Å²) < 4.78 is 0. The Labute approximate surface area is 100 Å². The van der Waals surface area contributed by atoms with Crippen LogP contribution >= 0.6 is 0 Å². The third kappa shape index (κ3) is 5.50. The standard InChI is InChI=1S/C13H28N2O/c1-5-11(4)10-15(7-3)13(16)8-12(6-2)9-14/h11-12H,5-10,14H2,1-4H3. The van der Waals surface area contributed by atoms with Crippen LogP contribution in [0.2, 0.25) is 0 Å². The fourth-order valence-corrected chi connectivity index (χ4v) is 1.68. The number of amides is 1. The van der Waals surface area contributed by atoms with Crippen LogP contribution in [-0.4, -0.2) is 30.4 Å². The Morgan fingerprint density at radius 2 is 1.88 bits per heavy atom. The molecular weight excluding hydrogens is 200 g/mol. The van der Waals surface area contributed by atoms with Crippen LogP contribution < -0.4 is 5.73 Å². The van der Waals surface area contributed by atoms with Crippen LogP contribution in [0.15, 0.2) is 0 Å². The molecule has 0 heterocycles. The highest BCUT2D eigenvalue weighted by Gasteiger charge is 2.17. The Morgan fingerprint density at radius 3 is 2.25 bits per heavy atom. The largest absolute Gasteiger partial charge is 0.343 e. The van der Waals surface area contributed by atoms with Crippen LogP contribution in [0.5, 0.6) is 0 Å². The molecule has 0 aliphatic carbocycles. The van der Waals surface area contributed by atoms with Crippen LogP contribution in [0, 0.1) is 11.8 Å². The molecule has 0 fully saturated rings.